The van der Waals surface area contributed by atoms with Gasteiger partial charge in [-0.2, -0.15) is 0 Å². The van der Waals surface area contributed by atoms with E-state index in [2.05, 4.69) is 13.8 Å². The third-order valence-electron chi connectivity index (χ3n) is 4.68. The molecule has 3 atom stereocenters. The number of nitrogens with zero attached hydrogens (tertiary/aromatic N) is 1. The van der Waals surface area contributed by atoms with Gasteiger partial charge in [0.05, 0.1) is 5.92 Å². The number of carboxylic acid groups (broad SMARTS) is 1. The Morgan fingerprint density at radius 1 is 1.25 bits per heavy atom. The van der Waals surface area contributed by atoms with Crippen LogP contribution in [0.25, 0.3) is 0 Å². The molecule has 24 heavy (non-hydrogen) atoms. The average molecular weight is 333 g/mol. The van der Waals surface area contributed by atoms with Gasteiger partial charge < -0.3 is 14.7 Å². The second kappa shape index (κ2) is 7.24. The predicted molar refractivity (Wildman–Crippen MR) is 92.2 cm³/mol. The van der Waals surface area contributed by atoms with Crippen LogP contribution in [-0.4, -0.2) is 41.1 Å². The largest absolute Gasteiger partial charge is 0.481 e. The normalized spacial score (nSPS) is 21.8. The first-order valence-electron chi connectivity index (χ1n) is 8.49. The van der Waals surface area contributed by atoms with Gasteiger partial charge in [-0.15, -0.1) is 0 Å². The maximum Gasteiger partial charge on any atom is 0.308 e. The molecule has 1 N–H and O–H groups in total. The van der Waals surface area contributed by atoms with Crippen molar-refractivity contribution >= 4 is 11.9 Å². The topological polar surface area (TPSA) is 66.8 Å². The molecule has 0 radical (unpaired) electrons. The molecule has 1 aromatic carbocycles. The van der Waals surface area contributed by atoms with Gasteiger partial charge in [-0.3, -0.25) is 9.59 Å². The van der Waals surface area contributed by atoms with E-state index < -0.39 is 18.0 Å². The molecular formula is C19H27NO4. The highest BCUT2D eigenvalue weighted by Gasteiger charge is 2.38. The van der Waals surface area contributed by atoms with E-state index in [9.17, 15) is 14.7 Å². The maximum atomic E-state index is 12.6. The highest BCUT2D eigenvalue weighted by atomic mass is 16.5. The number of rotatable bonds is 5. The Hall–Kier alpha value is -2.04. The van der Waals surface area contributed by atoms with E-state index in [1.807, 2.05) is 32.0 Å². The van der Waals surface area contributed by atoms with Crippen molar-refractivity contribution in [3.8, 4) is 5.75 Å². The van der Waals surface area contributed by atoms with Crippen molar-refractivity contribution in [2.45, 2.75) is 46.6 Å². The number of carbonyl (C=O) groups is 2. The Balaban J connectivity index is 2.10. The number of amides is 1. The molecule has 1 aliphatic heterocycles. The molecule has 5 nitrogen and oxygen atoms in total. The fraction of sp³-hybridized carbons (Fsp3) is 0.579. The van der Waals surface area contributed by atoms with E-state index in [4.69, 9.17) is 4.74 Å². The number of hydrogen-bond acceptors (Lipinski definition) is 3. The molecular weight excluding hydrogens is 306 g/mol. The third-order valence-corrected chi connectivity index (χ3v) is 4.68. The Morgan fingerprint density at radius 3 is 2.46 bits per heavy atom. The fourth-order valence-electron chi connectivity index (χ4n) is 3.19. The van der Waals surface area contributed by atoms with Gasteiger partial charge in [-0.05, 0) is 42.9 Å². The summed E-state index contributed by atoms with van der Waals surface area (Å²) in [4.78, 5) is 25.5. The van der Waals surface area contributed by atoms with Gasteiger partial charge in [-0.25, -0.2) is 0 Å². The summed E-state index contributed by atoms with van der Waals surface area (Å²) in [6, 6.07) is 6.02. The van der Waals surface area contributed by atoms with E-state index in [-0.39, 0.29) is 18.4 Å². The van der Waals surface area contributed by atoms with Crippen molar-refractivity contribution in [3.63, 3.8) is 0 Å². The lowest BCUT2D eigenvalue weighted by Gasteiger charge is -2.23. The summed E-state index contributed by atoms with van der Waals surface area (Å²) in [5, 5.41) is 9.22. The van der Waals surface area contributed by atoms with Crippen LogP contribution in [0.4, 0.5) is 0 Å². The van der Waals surface area contributed by atoms with Gasteiger partial charge in [0.1, 0.15) is 5.75 Å². The van der Waals surface area contributed by atoms with Crippen molar-refractivity contribution < 1.29 is 19.4 Å². The first-order chi connectivity index (χ1) is 11.2. The van der Waals surface area contributed by atoms with E-state index in [0.717, 1.165) is 16.9 Å². The van der Waals surface area contributed by atoms with E-state index >= 15 is 0 Å². The molecule has 0 saturated carbocycles. The lowest BCUT2D eigenvalue weighted by Crippen LogP contribution is -2.39. The molecule has 1 fully saturated rings. The lowest BCUT2D eigenvalue weighted by molar-refractivity contribution is -0.142. The Labute approximate surface area is 143 Å². The summed E-state index contributed by atoms with van der Waals surface area (Å²) in [7, 11) is 0. The number of carbonyl (C=O) groups excluding carboxylic acids is 1. The number of ether oxygens (including phenoxy) is 1. The first kappa shape index (κ1) is 18.3. The molecule has 1 amide bonds. The smallest absolute Gasteiger partial charge is 0.308 e. The van der Waals surface area contributed by atoms with Crippen LogP contribution in [0.3, 0.4) is 0 Å². The Morgan fingerprint density at radius 2 is 1.92 bits per heavy atom. The molecule has 0 aromatic heterocycles. The van der Waals surface area contributed by atoms with Crippen molar-refractivity contribution in [1.82, 2.24) is 4.90 Å². The quantitative estimate of drug-likeness (QED) is 0.899. The number of likely N-dealkylation sites (tertiary alicyclic amines) is 1. The molecule has 5 heteroatoms. The van der Waals surface area contributed by atoms with Crippen LogP contribution in [0.15, 0.2) is 18.2 Å². The predicted octanol–water partition coefficient (Wildman–Crippen LogP) is 3.06. The van der Waals surface area contributed by atoms with Crippen LogP contribution in [0.1, 0.15) is 44.7 Å². The molecule has 0 bridgehead atoms. The SMILES string of the molecule is Cc1ccc(C(C)C)c(OC(C)C(=O)N2C[C@@H](C)[C@H](C(=O)O)C2)c1. The van der Waals surface area contributed by atoms with E-state index in [0.29, 0.717) is 12.5 Å². The van der Waals surface area contributed by atoms with Crippen LogP contribution in [0.2, 0.25) is 0 Å². The Bertz CT molecular complexity index is 626. The molecule has 1 aromatic rings. The van der Waals surface area contributed by atoms with E-state index in [1.165, 1.54) is 0 Å². The van der Waals surface area contributed by atoms with Gasteiger partial charge >= 0.3 is 5.97 Å². The van der Waals surface area contributed by atoms with Crippen molar-refractivity contribution in [2.75, 3.05) is 13.1 Å². The minimum Gasteiger partial charge on any atom is -0.481 e. The molecule has 1 aliphatic rings. The summed E-state index contributed by atoms with van der Waals surface area (Å²) in [6.45, 7) is 10.5. The zero-order chi connectivity index (χ0) is 18.0. The first-order valence-corrected chi connectivity index (χ1v) is 8.49. The molecule has 132 valence electrons. The van der Waals surface area contributed by atoms with Crippen molar-refractivity contribution in [3.05, 3.63) is 29.3 Å². The summed E-state index contributed by atoms with van der Waals surface area (Å²) < 4.78 is 5.95. The summed E-state index contributed by atoms with van der Waals surface area (Å²) in [6.07, 6.45) is -0.635. The van der Waals surface area contributed by atoms with Crippen molar-refractivity contribution in [2.24, 2.45) is 11.8 Å². The molecule has 0 spiro atoms. The number of aryl methyl sites for hydroxylation is 1. The summed E-state index contributed by atoms with van der Waals surface area (Å²) in [5.74, 6) is -0.497. The average Bonchev–Trinajstić information content (AvgIpc) is 2.88. The summed E-state index contributed by atoms with van der Waals surface area (Å²) in [5.41, 5.74) is 2.15. The van der Waals surface area contributed by atoms with Gasteiger partial charge in [0, 0.05) is 13.1 Å². The van der Waals surface area contributed by atoms with Gasteiger partial charge in [-0.1, -0.05) is 32.9 Å². The third kappa shape index (κ3) is 3.89. The molecule has 1 heterocycles. The molecule has 1 saturated heterocycles. The molecule has 0 aliphatic carbocycles. The van der Waals surface area contributed by atoms with Crippen LogP contribution in [0.5, 0.6) is 5.75 Å². The van der Waals surface area contributed by atoms with E-state index in [1.54, 1.807) is 11.8 Å². The van der Waals surface area contributed by atoms with Crippen LogP contribution in [-0.2, 0) is 9.59 Å². The van der Waals surface area contributed by atoms with Gasteiger partial charge in [0.2, 0.25) is 0 Å². The fourth-order valence-corrected chi connectivity index (χ4v) is 3.19. The number of hydrogen-bond donors (Lipinski definition) is 1. The minimum atomic E-state index is -0.841. The zero-order valence-corrected chi connectivity index (χ0v) is 15.1. The number of aliphatic carboxylic acids is 1. The monoisotopic (exact) mass is 333 g/mol. The summed E-state index contributed by atoms with van der Waals surface area (Å²) >= 11 is 0. The maximum absolute atomic E-state index is 12.6. The highest BCUT2D eigenvalue weighted by Crippen LogP contribution is 2.29. The Kier molecular flexibility index (Phi) is 5.52. The highest BCUT2D eigenvalue weighted by molar-refractivity contribution is 5.82. The zero-order valence-electron chi connectivity index (χ0n) is 15.1. The standard InChI is InChI=1S/C19H27NO4/c1-11(2)15-7-6-12(3)8-17(15)24-14(5)18(21)20-9-13(4)16(10-20)19(22)23/h6-8,11,13-14,16H,9-10H2,1-5H3,(H,22,23)/t13-,14?,16-/m1/s1. The van der Waals surface area contributed by atoms with Crippen molar-refractivity contribution in [1.29, 1.82) is 0 Å². The second-order valence-electron chi connectivity index (χ2n) is 7.12. The molecule has 1 unspecified atom stereocenters. The van der Waals surface area contributed by atoms with Gasteiger partial charge in [0.15, 0.2) is 6.10 Å². The van der Waals surface area contributed by atoms with Crippen LogP contribution >= 0.6 is 0 Å². The minimum absolute atomic E-state index is 0.0381. The molecule has 2 rings (SSSR count). The van der Waals surface area contributed by atoms with Crippen LogP contribution in [0, 0.1) is 18.8 Å². The van der Waals surface area contributed by atoms with Gasteiger partial charge in [0.25, 0.3) is 5.91 Å². The van der Waals surface area contributed by atoms with Crippen LogP contribution < -0.4 is 4.74 Å². The number of benzene rings is 1. The number of carboxylic acids is 1. The lowest BCUT2D eigenvalue weighted by atomic mass is 9.99. The second-order valence-corrected chi connectivity index (χ2v) is 7.12.